The Bertz CT molecular complexity index is 157. The second-order valence-electron chi connectivity index (χ2n) is 4.91. The summed E-state index contributed by atoms with van der Waals surface area (Å²) in [5.41, 5.74) is 6.28. The van der Waals surface area contributed by atoms with E-state index in [0.717, 1.165) is 11.8 Å². The van der Waals surface area contributed by atoms with Crippen molar-refractivity contribution in [2.75, 3.05) is 20.1 Å². The van der Waals surface area contributed by atoms with Crippen LogP contribution >= 0.6 is 0 Å². The molecule has 76 valence electrons. The van der Waals surface area contributed by atoms with Crippen LogP contribution in [0, 0.1) is 11.8 Å². The lowest BCUT2D eigenvalue weighted by molar-refractivity contribution is 0.141. The Kier molecular flexibility index (Phi) is 2.89. The standard InChI is InChI=1S/C11H22N2/c1-13-7-5-10(6-8-13)11(12)9-3-2-4-9/h9-11H,2-8,12H2,1H3. The number of piperidine rings is 1. The third-order valence-electron chi connectivity index (χ3n) is 4.00. The number of hydrogen-bond donors (Lipinski definition) is 1. The molecule has 1 heterocycles. The summed E-state index contributed by atoms with van der Waals surface area (Å²) in [6, 6.07) is 0.516. The maximum atomic E-state index is 6.28. The molecule has 2 nitrogen and oxygen atoms in total. The molecule has 1 saturated heterocycles. The van der Waals surface area contributed by atoms with E-state index in [-0.39, 0.29) is 0 Å². The second kappa shape index (κ2) is 3.97. The number of hydrogen-bond acceptors (Lipinski definition) is 2. The second-order valence-corrected chi connectivity index (χ2v) is 4.91. The van der Waals surface area contributed by atoms with Gasteiger partial charge in [-0.1, -0.05) is 6.42 Å². The molecule has 0 bridgehead atoms. The van der Waals surface area contributed by atoms with Crippen LogP contribution in [0.3, 0.4) is 0 Å². The van der Waals surface area contributed by atoms with E-state index in [9.17, 15) is 0 Å². The molecule has 2 N–H and O–H groups in total. The Hall–Kier alpha value is -0.0800. The summed E-state index contributed by atoms with van der Waals surface area (Å²) in [5, 5.41) is 0. The van der Waals surface area contributed by atoms with Gasteiger partial charge in [0.05, 0.1) is 0 Å². The van der Waals surface area contributed by atoms with Gasteiger partial charge < -0.3 is 10.6 Å². The predicted molar refractivity (Wildman–Crippen MR) is 55.5 cm³/mol. The topological polar surface area (TPSA) is 29.3 Å². The molecule has 2 aliphatic rings. The van der Waals surface area contributed by atoms with Crippen molar-refractivity contribution in [1.29, 1.82) is 0 Å². The molecule has 1 atom stereocenters. The zero-order valence-corrected chi connectivity index (χ0v) is 8.71. The van der Waals surface area contributed by atoms with Gasteiger partial charge in [0.25, 0.3) is 0 Å². The molecule has 0 aromatic heterocycles. The van der Waals surface area contributed by atoms with E-state index in [1.807, 2.05) is 0 Å². The van der Waals surface area contributed by atoms with Crippen LogP contribution in [0.15, 0.2) is 0 Å². The van der Waals surface area contributed by atoms with E-state index in [2.05, 4.69) is 11.9 Å². The van der Waals surface area contributed by atoms with Crippen LogP contribution in [0.1, 0.15) is 32.1 Å². The highest BCUT2D eigenvalue weighted by Gasteiger charge is 2.31. The summed E-state index contributed by atoms with van der Waals surface area (Å²) in [7, 11) is 2.21. The van der Waals surface area contributed by atoms with Crippen LogP contribution in [0.5, 0.6) is 0 Å². The van der Waals surface area contributed by atoms with Crippen molar-refractivity contribution in [3.8, 4) is 0 Å². The Balaban J connectivity index is 1.79. The van der Waals surface area contributed by atoms with Gasteiger partial charge in [-0.25, -0.2) is 0 Å². The van der Waals surface area contributed by atoms with Crippen molar-refractivity contribution in [2.24, 2.45) is 17.6 Å². The van der Waals surface area contributed by atoms with Crippen LogP contribution in [-0.4, -0.2) is 31.1 Å². The molecule has 1 saturated carbocycles. The third kappa shape index (κ3) is 2.05. The Morgan fingerprint density at radius 1 is 1.08 bits per heavy atom. The van der Waals surface area contributed by atoms with E-state index in [1.54, 1.807) is 0 Å². The van der Waals surface area contributed by atoms with Crippen molar-refractivity contribution in [3.63, 3.8) is 0 Å². The Morgan fingerprint density at radius 3 is 2.08 bits per heavy atom. The molecule has 0 spiro atoms. The molecule has 2 heteroatoms. The van der Waals surface area contributed by atoms with E-state index < -0.39 is 0 Å². The average Bonchev–Trinajstić information content (AvgIpc) is 2.02. The lowest BCUT2D eigenvalue weighted by Gasteiger charge is -2.39. The number of likely N-dealkylation sites (tertiary alicyclic amines) is 1. The highest BCUT2D eigenvalue weighted by molar-refractivity contribution is 4.87. The van der Waals surface area contributed by atoms with Gasteiger partial charge in [0.15, 0.2) is 0 Å². The largest absolute Gasteiger partial charge is 0.327 e. The molecular weight excluding hydrogens is 160 g/mol. The Morgan fingerprint density at radius 2 is 1.62 bits per heavy atom. The summed E-state index contributed by atoms with van der Waals surface area (Å²) in [6.07, 6.45) is 6.87. The minimum absolute atomic E-state index is 0.516. The average molecular weight is 182 g/mol. The van der Waals surface area contributed by atoms with Gasteiger partial charge in [0.1, 0.15) is 0 Å². The van der Waals surface area contributed by atoms with Crippen LogP contribution in [-0.2, 0) is 0 Å². The van der Waals surface area contributed by atoms with Crippen molar-refractivity contribution < 1.29 is 0 Å². The fraction of sp³-hybridized carbons (Fsp3) is 1.00. The van der Waals surface area contributed by atoms with Gasteiger partial charge in [-0.15, -0.1) is 0 Å². The van der Waals surface area contributed by atoms with Gasteiger partial charge >= 0.3 is 0 Å². The molecule has 1 aliphatic carbocycles. The first-order valence-corrected chi connectivity index (χ1v) is 5.71. The first kappa shape index (κ1) is 9.47. The van der Waals surface area contributed by atoms with Crippen molar-refractivity contribution in [1.82, 2.24) is 4.90 Å². The molecule has 0 radical (unpaired) electrons. The molecule has 1 aliphatic heterocycles. The number of nitrogens with zero attached hydrogens (tertiary/aromatic N) is 1. The summed E-state index contributed by atoms with van der Waals surface area (Å²) in [6.45, 7) is 2.51. The first-order valence-electron chi connectivity index (χ1n) is 5.71. The van der Waals surface area contributed by atoms with Gasteiger partial charge in [-0.2, -0.15) is 0 Å². The lowest BCUT2D eigenvalue weighted by Crippen LogP contribution is -2.45. The summed E-state index contributed by atoms with van der Waals surface area (Å²) >= 11 is 0. The monoisotopic (exact) mass is 182 g/mol. The molecule has 1 unspecified atom stereocenters. The lowest BCUT2D eigenvalue weighted by atomic mass is 9.73. The van der Waals surface area contributed by atoms with Crippen LogP contribution in [0.4, 0.5) is 0 Å². The van der Waals surface area contributed by atoms with Crippen LogP contribution in [0.25, 0.3) is 0 Å². The number of nitrogens with two attached hydrogens (primary N) is 1. The van der Waals surface area contributed by atoms with Crippen LogP contribution < -0.4 is 5.73 Å². The SMILES string of the molecule is CN1CCC(C(N)C2CCC2)CC1. The van der Waals surface area contributed by atoms with Crippen molar-refractivity contribution >= 4 is 0 Å². The van der Waals surface area contributed by atoms with Crippen molar-refractivity contribution in [2.45, 2.75) is 38.1 Å². The minimum atomic E-state index is 0.516. The zero-order valence-electron chi connectivity index (χ0n) is 8.71. The maximum absolute atomic E-state index is 6.28. The summed E-state index contributed by atoms with van der Waals surface area (Å²) < 4.78 is 0. The molecule has 0 aromatic carbocycles. The van der Waals surface area contributed by atoms with Gasteiger partial charge in [-0.3, -0.25) is 0 Å². The number of rotatable bonds is 2. The quantitative estimate of drug-likeness (QED) is 0.700. The third-order valence-corrected chi connectivity index (χ3v) is 4.00. The van der Waals surface area contributed by atoms with Gasteiger partial charge in [0, 0.05) is 6.04 Å². The highest BCUT2D eigenvalue weighted by atomic mass is 15.1. The van der Waals surface area contributed by atoms with E-state index in [4.69, 9.17) is 5.73 Å². The van der Waals surface area contributed by atoms with Gasteiger partial charge in [0.2, 0.25) is 0 Å². The maximum Gasteiger partial charge on any atom is 0.00965 e. The fourth-order valence-electron chi connectivity index (χ4n) is 2.62. The Labute approximate surface area is 81.5 Å². The zero-order chi connectivity index (χ0) is 9.26. The van der Waals surface area contributed by atoms with E-state index in [1.165, 1.54) is 45.2 Å². The summed E-state index contributed by atoms with van der Waals surface area (Å²) in [5.74, 6) is 1.69. The fourth-order valence-corrected chi connectivity index (χ4v) is 2.62. The van der Waals surface area contributed by atoms with E-state index in [0.29, 0.717) is 6.04 Å². The molecule has 2 fully saturated rings. The molecule has 0 amide bonds. The van der Waals surface area contributed by atoms with E-state index >= 15 is 0 Å². The van der Waals surface area contributed by atoms with Crippen LogP contribution in [0.2, 0.25) is 0 Å². The molecule has 13 heavy (non-hydrogen) atoms. The first-order chi connectivity index (χ1) is 6.27. The molecule has 0 aromatic rings. The molecule has 2 rings (SSSR count). The predicted octanol–water partition coefficient (Wildman–Crippen LogP) is 1.46. The molecular formula is C11H22N2. The van der Waals surface area contributed by atoms with Crippen molar-refractivity contribution in [3.05, 3.63) is 0 Å². The van der Waals surface area contributed by atoms with Gasteiger partial charge in [-0.05, 0) is 57.7 Å². The summed E-state index contributed by atoms with van der Waals surface area (Å²) in [4.78, 5) is 2.42. The highest BCUT2D eigenvalue weighted by Crippen LogP contribution is 2.34. The normalized spacial score (nSPS) is 30.0. The minimum Gasteiger partial charge on any atom is -0.327 e. The smallest absolute Gasteiger partial charge is 0.00965 e.